The Kier molecular flexibility index (Phi) is 2.79. The van der Waals surface area contributed by atoms with Crippen LogP contribution in [0.25, 0.3) is 22.4 Å². The van der Waals surface area contributed by atoms with Gasteiger partial charge in [-0.3, -0.25) is 0 Å². The molecule has 0 radical (unpaired) electrons. The Balaban J connectivity index is 2.23. The van der Waals surface area contributed by atoms with Gasteiger partial charge in [0.15, 0.2) is 0 Å². The Hall–Kier alpha value is -1.87. The lowest BCUT2D eigenvalue weighted by molar-refractivity contribution is 0.628. The predicted octanol–water partition coefficient (Wildman–Crippen LogP) is 4.64. The van der Waals surface area contributed by atoms with Gasteiger partial charge in [0, 0.05) is 5.56 Å². The van der Waals surface area contributed by atoms with Crippen molar-refractivity contribution in [3.63, 3.8) is 0 Å². The normalized spacial score (nSPS) is 11.2. The first-order valence-electron chi connectivity index (χ1n) is 5.97. The van der Waals surface area contributed by atoms with Crippen LogP contribution >= 0.6 is 11.6 Å². The zero-order chi connectivity index (χ0) is 13.6. The van der Waals surface area contributed by atoms with Gasteiger partial charge in [-0.15, -0.1) is 0 Å². The van der Waals surface area contributed by atoms with Crippen LogP contribution in [0.15, 0.2) is 30.3 Å². The fraction of sp³-hybridized carbons (Fsp3) is 0.133. The minimum atomic E-state index is -0.438. The van der Waals surface area contributed by atoms with Crippen LogP contribution in [0.1, 0.15) is 11.1 Å². The standard InChI is InChI=1S/C15H12ClFN2/c1-8-6-12-13(7-9(8)2)19-15(18-12)10-4-3-5-11(17)14(10)16/h3-7H,1-2H3,(H,18,19). The second-order valence-electron chi connectivity index (χ2n) is 4.64. The van der Waals surface area contributed by atoms with E-state index in [2.05, 4.69) is 9.97 Å². The van der Waals surface area contributed by atoms with Gasteiger partial charge in [-0.25, -0.2) is 9.37 Å². The van der Waals surface area contributed by atoms with Crippen molar-refractivity contribution >= 4 is 22.6 Å². The summed E-state index contributed by atoms with van der Waals surface area (Å²) in [5.74, 6) is 0.150. The summed E-state index contributed by atoms with van der Waals surface area (Å²) in [5.41, 5.74) is 4.73. The molecule has 0 fully saturated rings. The second kappa shape index (κ2) is 4.35. The smallest absolute Gasteiger partial charge is 0.142 e. The van der Waals surface area contributed by atoms with E-state index < -0.39 is 5.82 Å². The second-order valence-corrected chi connectivity index (χ2v) is 5.02. The molecule has 1 heterocycles. The average molecular weight is 275 g/mol. The van der Waals surface area contributed by atoms with Gasteiger partial charge in [0.05, 0.1) is 16.1 Å². The molecular formula is C15H12ClFN2. The third kappa shape index (κ3) is 2.00. The van der Waals surface area contributed by atoms with E-state index in [1.54, 1.807) is 12.1 Å². The summed E-state index contributed by atoms with van der Waals surface area (Å²) in [5, 5.41) is 0.0926. The van der Waals surface area contributed by atoms with Crippen molar-refractivity contribution in [3.8, 4) is 11.4 Å². The van der Waals surface area contributed by atoms with Crippen LogP contribution in [-0.2, 0) is 0 Å². The van der Waals surface area contributed by atoms with E-state index in [1.165, 1.54) is 17.2 Å². The number of hydrogen-bond acceptors (Lipinski definition) is 1. The van der Waals surface area contributed by atoms with Crippen molar-refractivity contribution in [2.24, 2.45) is 0 Å². The summed E-state index contributed by atoms with van der Waals surface area (Å²) in [6.45, 7) is 4.09. The highest BCUT2D eigenvalue weighted by Crippen LogP contribution is 2.30. The molecule has 0 aliphatic heterocycles. The average Bonchev–Trinajstić information content (AvgIpc) is 2.76. The summed E-state index contributed by atoms with van der Waals surface area (Å²) in [7, 11) is 0. The number of nitrogens with zero attached hydrogens (tertiary/aromatic N) is 1. The molecule has 2 aromatic carbocycles. The molecule has 3 aromatic rings. The molecule has 96 valence electrons. The molecule has 0 aliphatic rings. The Morgan fingerprint density at radius 1 is 1.16 bits per heavy atom. The monoisotopic (exact) mass is 274 g/mol. The van der Waals surface area contributed by atoms with Gasteiger partial charge in [0.25, 0.3) is 0 Å². The van der Waals surface area contributed by atoms with E-state index in [-0.39, 0.29) is 5.02 Å². The van der Waals surface area contributed by atoms with Crippen LogP contribution in [-0.4, -0.2) is 9.97 Å². The van der Waals surface area contributed by atoms with E-state index in [1.807, 2.05) is 26.0 Å². The third-order valence-corrected chi connectivity index (χ3v) is 3.69. The summed E-state index contributed by atoms with van der Waals surface area (Å²) in [6, 6.07) is 8.76. The zero-order valence-corrected chi connectivity index (χ0v) is 11.3. The number of aryl methyl sites for hydroxylation is 2. The van der Waals surface area contributed by atoms with Gasteiger partial charge in [0.2, 0.25) is 0 Å². The summed E-state index contributed by atoms with van der Waals surface area (Å²) in [4.78, 5) is 7.67. The molecule has 0 amide bonds. The quantitative estimate of drug-likeness (QED) is 0.688. The summed E-state index contributed by atoms with van der Waals surface area (Å²) < 4.78 is 13.5. The maximum Gasteiger partial charge on any atom is 0.142 e. The molecule has 0 atom stereocenters. The Labute approximate surface area is 115 Å². The number of benzene rings is 2. The van der Waals surface area contributed by atoms with E-state index in [0.29, 0.717) is 11.4 Å². The van der Waals surface area contributed by atoms with Crippen molar-refractivity contribution in [1.82, 2.24) is 9.97 Å². The Morgan fingerprint density at radius 3 is 2.68 bits per heavy atom. The number of imidazole rings is 1. The number of aromatic nitrogens is 2. The first-order chi connectivity index (χ1) is 9.06. The highest BCUT2D eigenvalue weighted by Gasteiger charge is 2.12. The topological polar surface area (TPSA) is 28.7 Å². The van der Waals surface area contributed by atoms with Gasteiger partial charge in [-0.1, -0.05) is 17.7 Å². The lowest BCUT2D eigenvalue weighted by Crippen LogP contribution is -1.85. The molecule has 1 N–H and O–H groups in total. The van der Waals surface area contributed by atoms with Gasteiger partial charge in [-0.2, -0.15) is 0 Å². The molecule has 0 unspecified atom stereocenters. The fourth-order valence-corrected chi connectivity index (χ4v) is 2.30. The van der Waals surface area contributed by atoms with Crippen molar-refractivity contribution in [2.75, 3.05) is 0 Å². The lowest BCUT2D eigenvalue weighted by Gasteiger charge is -2.00. The maximum absolute atomic E-state index is 13.5. The van der Waals surface area contributed by atoms with E-state index in [9.17, 15) is 4.39 Å². The maximum atomic E-state index is 13.5. The van der Waals surface area contributed by atoms with Crippen molar-refractivity contribution < 1.29 is 4.39 Å². The van der Waals surface area contributed by atoms with E-state index in [4.69, 9.17) is 11.6 Å². The highest BCUT2D eigenvalue weighted by molar-refractivity contribution is 6.33. The van der Waals surface area contributed by atoms with Crippen LogP contribution in [0.3, 0.4) is 0 Å². The van der Waals surface area contributed by atoms with E-state index >= 15 is 0 Å². The van der Waals surface area contributed by atoms with Crippen LogP contribution < -0.4 is 0 Å². The third-order valence-electron chi connectivity index (χ3n) is 3.30. The van der Waals surface area contributed by atoms with E-state index in [0.717, 1.165) is 11.0 Å². The predicted molar refractivity (Wildman–Crippen MR) is 76.0 cm³/mol. The molecule has 0 saturated carbocycles. The molecule has 1 aromatic heterocycles. The van der Waals surface area contributed by atoms with Crippen LogP contribution in [0.5, 0.6) is 0 Å². The molecule has 0 aliphatic carbocycles. The number of rotatable bonds is 1. The van der Waals surface area contributed by atoms with Crippen LogP contribution in [0, 0.1) is 19.7 Å². The van der Waals surface area contributed by atoms with Crippen LogP contribution in [0.2, 0.25) is 5.02 Å². The first kappa shape index (κ1) is 12.2. The SMILES string of the molecule is Cc1cc2nc(-c3cccc(F)c3Cl)[nH]c2cc1C. The van der Waals surface area contributed by atoms with Crippen molar-refractivity contribution in [2.45, 2.75) is 13.8 Å². The van der Waals surface area contributed by atoms with Gasteiger partial charge >= 0.3 is 0 Å². The molecule has 0 spiro atoms. The molecule has 19 heavy (non-hydrogen) atoms. The number of hydrogen-bond donors (Lipinski definition) is 1. The largest absolute Gasteiger partial charge is 0.338 e. The number of fused-ring (bicyclic) bond motifs is 1. The minimum Gasteiger partial charge on any atom is -0.338 e. The number of aromatic amines is 1. The molecule has 3 rings (SSSR count). The fourth-order valence-electron chi connectivity index (χ4n) is 2.08. The summed E-state index contributed by atoms with van der Waals surface area (Å²) in [6.07, 6.45) is 0. The molecular weight excluding hydrogens is 263 g/mol. The minimum absolute atomic E-state index is 0.0926. The molecule has 0 bridgehead atoms. The van der Waals surface area contributed by atoms with Crippen molar-refractivity contribution in [1.29, 1.82) is 0 Å². The first-order valence-corrected chi connectivity index (χ1v) is 6.35. The lowest BCUT2D eigenvalue weighted by atomic mass is 10.1. The van der Waals surface area contributed by atoms with Crippen molar-refractivity contribution in [3.05, 3.63) is 52.3 Å². The van der Waals surface area contributed by atoms with Crippen LogP contribution in [0.4, 0.5) is 4.39 Å². The molecule has 4 heteroatoms. The zero-order valence-electron chi connectivity index (χ0n) is 10.6. The molecule has 2 nitrogen and oxygen atoms in total. The van der Waals surface area contributed by atoms with Gasteiger partial charge in [0.1, 0.15) is 11.6 Å². The van der Waals surface area contributed by atoms with Gasteiger partial charge < -0.3 is 4.98 Å². The number of nitrogens with one attached hydrogen (secondary N) is 1. The highest BCUT2D eigenvalue weighted by atomic mass is 35.5. The number of H-pyrrole nitrogens is 1. The number of halogens is 2. The Morgan fingerprint density at radius 2 is 1.89 bits per heavy atom. The van der Waals surface area contributed by atoms with Gasteiger partial charge in [-0.05, 0) is 49.2 Å². The molecule has 0 saturated heterocycles. The Bertz CT molecular complexity index is 738. The summed E-state index contributed by atoms with van der Waals surface area (Å²) >= 11 is 5.98.